The van der Waals surface area contributed by atoms with Crippen molar-refractivity contribution in [3.63, 3.8) is 0 Å². The molecule has 14 heavy (non-hydrogen) atoms. The summed E-state index contributed by atoms with van der Waals surface area (Å²) in [6, 6.07) is 0. The summed E-state index contributed by atoms with van der Waals surface area (Å²) in [5.74, 6) is 1.97. The molecule has 0 aromatic carbocycles. The first-order valence-corrected chi connectivity index (χ1v) is 4.99. The van der Waals surface area contributed by atoms with E-state index >= 15 is 0 Å². The zero-order chi connectivity index (χ0) is 9.26. The molecule has 0 aliphatic heterocycles. The fourth-order valence-electron chi connectivity index (χ4n) is 2.68. The Hall–Kier alpha value is 0.444. The number of ketones is 1. The monoisotopic (exact) mass is 267 g/mol. The van der Waals surface area contributed by atoms with Crippen molar-refractivity contribution in [3.8, 4) is 0 Å². The van der Waals surface area contributed by atoms with Crippen LogP contribution in [0.2, 0.25) is 0 Å². The zero-order valence-corrected chi connectivity index (χ0v) is 11.1. The number of carbonyl (C=O) groups is 1. The van der Waals surface area contributed by atoms with E-state index < -0.39 is 0 Å². The third kappa shape index (κ3) is 2.73. The van der Waals surface area contributed by atoms with E-state index in [1.54, 1.807) is 0 Å². The third-order valence-corrected chi connectivity index (χ3v) is 3.37. The van der Waals surface area contributed by atoms with Gasteiger partial charge in [-0.2, -0.15) is 18.8 Å². The van der Waals surface area contributed by atoms with E-state index in [-0.39, 0.29) is 32.7 Å². The zero-order valence-electron chi connectivity index (χ0n) is 8.24. The minimum absolute atomic E-state index is 0. The summed E-state index contributed by atoms with van der Waals surface area (Å²) in [6.07, 6.45) is 8.30. The number of fused-ring (bicyclic) bond motifs is 1. The Labute approximate surface area is 110 Å². The number of hydrogen-bond acceptors (Lipinski definition) is 2. The van der Waals surface area contributed by atoms with Gasteiger partial charge in [-0.25, -0.2) is 0 Å². The molecule has 3 atom stereocenters. The first-order chi connectivity index (χ1) is 6.29. The Morgan fingerprint density at radius 3 is 2.79 bits per heavy atom. The van der Waals surface area contributed by atoms with Crippen molar-refractivity contribution in [3.05, 3.63) is 6.42 Å². The number of hydrogen-bond donors (Lipinski definition) is 0. The Morgan fingerprint density at radius 2 is 2.07 bits per heavy atom. The molecule has 2 fully saturated rings. The molecule has 0 aromatic rings. The van der Waals surface area contributed by atoms with Crippen LogP contribution in [-0.4, -0.2) is 12.1 Å². The van der Waals surface area contributed by atoms with Gasteiger partial charge in [0.15, 0.2) is 0 Å². The topological polar surface area (TPSA) is 34.1 Å². The van der Waals surface area contributed by atoms with Crippen molar-refractivity contribution in [1.82, 2.24) is 0 Å². The van der Waals surface area contributed by atoms with Gasteiger partial charge in [0, 0.05) is 45.6 Å². The summed E-state index contributed by atoms with van der Waals surface area (Å²) in [5, 5.41) is 0. The minimum atomic E-state index is 0. The van der Waals surface area contributed by atoms with Crippen molar-refractivity contribution in [1.29, 1.82) is 0 Å². The van der Waals surface area contributed by atoms with Crippen molar-refractivity contribution in [2.75, 3.05) is 0 Å². The molecule has 0 N–H and O–H groups in total. The maximum absolute atomic E-state index is 11.2. The maximum atomic E-state index is 11.2. The number of rotatable bonds is 2. The molecule has 75 valence electrons. The molecule has 0 amide bonds. The number of carbonyl (C=O) groups excluding carboxylic acids is 2. The van der Waals surface area contributed by atoms with Gasteiger partial charge in [0.05, 0.1) is 0 Å². The van der Waals surface area contributed by atoms with Gasteiger partial charge in [-0.3, -0.25) is 11.1 Å². The molecule has 2 saturated carbocycles. The molecule has 2 aliphatic rings. The van der Waals surface area contributed by atoms with Crippen molar-refractivity contribution < 1.29 is 42.3 Å². The molecule has 3 heteroatoms. The van der Waals surface area contributed by atoms with Crippen LogP contribution in [0.15, 0.2) is 0 Å². The van der Waals surface area contributed by atoms with Gasteiger partial charge < -0.3 is 11.2 Å². The molecular formula is C11H14O2Y-2. The van der Waals surface area contributed by atoms with Gasteiger partial charge in [-0.15, -0.1) is 0 Å². The van der Waals surface area contributed by atoms with Gasteiger partial charge in [0.25, 0.3) is 0 Å². The van der Waals surface area contributed by atoms with Crippen LogP contribution in [0.3, 0.4) is 0 Å². The number of Topliss-reactive ketones (excluding diaryl/α,β-unsaturated/α-hetero) is 1. The van der Waals surface area contributed by atoms with Gasteiger partial charge in [0.2, 0.25) is 0 Å². The van der Waals surface area contributed by atoms with Crippen LogP contribution in [-0.2, 0) is 42.3 Å². The van der Waals surface area contributed by atoms with E-state index in [1.165, 1.54) is 0 Å². The quantitative estimate of drug-likeness (QED) is 0.713. The molecule has 2 aliphatic carbocycles. The normalized spacial score (nSPS) is 36.0. The molecular weight excluding hydrogens is 253 g/mol. The smallest absolute Gasteiger partial charge is 0.133 e. The molecule has 0 saturated heterocycles. The second-order valence-electron chi connectivity index (χ2n) is 4.28. The predicted molar refractivity (Wildman–Crippen MR) is 48.6 cm³/mol. The SMILES string of the molecule is O=[C-]CC1[CH-]CC2CC(=O)CC2C1.[Y]. The molecule has 2 nitrogen and oxygen atoms in total. The van der Waals surface area contributed by atoms with Crippen molar-refractivity contribution in [2.24, 2.45) is 17.8 Å². The molecule has 3 unspecified atom stereocenters. The van der Waals surface area contributed by atoms with E-state index in [1.807, 2.05) is 6.29 Å². The van der Waals surface area contributed by atoms with Crippen LogP contribution in [0.1, 0.15) is 32.1 Å². The van der Waals surface area contributed by atoms with Crippen molar-refractivity contribution >= 4 is 12.1 Å². The summed E-state index contributed by atoms with van der Waals surface area (Å²) < 4.78 is 0. The molecule has 0 spiro atoms. The van der Waals surface area contributed by atoms with Gasteiger partial charge in [0.1, 0.15) is 5.78 Å². The van der Waals surface area contributed by atoms with E-state index in [0.29, 0.717) is 30.0 Å². The molecule has 2 rings (SSSR count). The Kier molecular flexibility index (Phi) is 4.92. The van der Waals surface area contributed by atoms with E-state index in [2.05, 4.69) is 6.42 Å². The standard InChI is InChI=1S/C11H14O2.Y/c12-4-3-8-1-2-9-6-11(13)7-10(9)5-8;/h1,8-10H,2-3,5-7H2;/q-2;. The molecule has 0 heterocycles. The largest absolute Gasteiger partial charge is 0.542 e. The average Bonchev–Trinajstić information content (AvgIpc) is 2.44. The van der Waals surface area contributed by atoms with Gasteiger partial charge in [-0.05, 0) is 5.92 Å². The van der Waals surface area contributed by atoms with Crippen LogP contribution in [0, 0.1) is 24.2 Å². The van der Waals surface area contributed by atoms with Crippen LogP contribution in [0.5, 0.6) is 0 Å². The van der Waals surface area contributed by atoms with Crippen LogP contribution >= 0.6 is 0 Å². The van der Waals surface area contributed by atoms with E-state index in [9.17, 15) is 9.59 Å². The van der Waals surface area contributed by atoms with E-state index in [4.69, 9.17) is 0 Å². The minimum Gasteiger partial charge on any atom is -0.542 e. The second-order valence-corrected chi connectivity index (χ2v) is 4.28. The predicted octanol–water partition coefficient (Wildman–Crippen LogP) is 1.69. The second kappa shape index (κ2) is 5.51. The van der Waals surface area contributed by atoms with E-state index in [0.717, 1.165) is 25.7 Å². The first-order valence-electron chi connectivity index (χ1n) is 4.99. The van der Waals surface area contributed by atoms with Gasteiger partial charge >= 0.3 is 0 Å². The first kappa shape index (κ1) is 12.5. The summed E-state index contributed by atoms with van der Waals surface area (Å²) in [7, 11) is 0. The Balaban J connectivity index is 0.000000980. The Bertz CT molecular complexity index is 227. The fourth-order valence-corrected chi connectivity index (χ4v) is 2.68. The maximum Gasteiger partial charge on any atom is 0.133 e. The Morgan fingerprint density at radius 1 is 1.36 bits per heavy atom. The van der Waals surface area contributed by atoms with Crippen molar-refractivity contribution in [2.45, 2.75) is 32.1 Å². The third-order valence-electron chi connectivity index (χ3n) is 3.37. The summed E-state index contributed by atoms with van der Waals surface area (Å²) in [5.41, 5.74) is 0. The average molecular weight is 267 g/mol. The molecule has 0 aromatic heterocycles. The van der Waals surface area contributed by atoms with Crippen LogP contribution < -0.4 is 0 Å². The summed E-state index contributed by atoms with van der Waals surface area (Å²) in [4.78, 5) is 21.4. The molecule has 1 radical (unpaired) electrons. The van der Waals surface area contributed by atoms with Crippen LogP contribution in [0.25, 0.3) is 0 Å². The van der Waals surface area contributed by atoms with Gasteiger partial charge in [-0.1, -0.05) is 12.3 Å². The molecule has 0 bridgehead atoms. The summed E-state index contributed by atoms with van der Waals surface area (Å²) >= 11 is 0. The van der Waals surface area contributed by atoms with Crippen LogP contribution in [0.4, 0.5) is 0 Å². The summed E-state index contributed by atoms with van der Waals surface area (Å²) in [6.45, 7) is 0. The fraction of sp³-hybridized carbons (Fsp3) is 0.727.